The first-order chi connectivity index (χ1) is 13.2. The van der Waals surface area contributed by atoms with Crippen LogP contribution >= 0.6 is 23.6 Å². The molecule has 0 saturated heterocycles. The largest absolute Gasteiger partial charge is 0.462 e. The number of rotatable bonds is 7. The minimum atomic E-state index is -0.249. The van der Waals surface area contributed by atoms with E-state index in [0.29, 0.717) is 17.3 Å². The Morgan fingerprint density at radius 1 is 1.37 bits per heavy atom. The number of anilines is 1. The summed E-state index contributed by atoms with van der Waals surface area (Å²) in [5.41, 5.74) is 1.83. The molecule has 0 unspecified atom stereocenters. The van der Waals surface area contributed by atoms with Gasteiger partial charge in [0.25, 0.3) is 0 Å². The average Bonchev–Trinajstić information content (AvgIpc) is 3.21. The van der Waals surface area contributed by atoms with Crippen molar-refractivity contribution in [1.29, 1.82) is 0 Å². The Kier molecular flexibility index (Phi) is 7.23. The molecule has 146 valence electrons. The Hall–Kier alpha value is -1.93. The summed E-state index contributed by atoms with van der Waals surface area (Å²) in [6.45, 7) is 3.79. The molecule has 1 aliphatic rings. The lowest BCUT2D eigenvalue weighted by atomic mass is 10.1. The van der Waals surface area contributed by atoms with E-state index in [1.165, 1.54) is 17.7 Å². The first-order valence-corrected chi connectivity index (χ1v) is 10.8. The molecule has 6 nitrogen and oxygen atoms in total. The van der Waals surface area contributed by atoms with E-state index in [1.54, 1.807) is 17.5 Å². The molecule has 27 heavy (non-hydrogen) atoms. The fourth-order valence-corrected chi connectivity index (χ4v) is 4.82. The van der Waals surface area contributed by atoms with Gasteiger partial charge in [-0.1, -0.05) is 6.42 Å². The van der Waals surface area contributed by atoms with Crippen LogP contribution in [0.2, 0.25) is 0 Å². The van der Waals surface area contributed by atoms with Gasteiger partial charge in [0, 0.05) is 30.4 Å². The topological polar surface area (TPSA) is 68.2 Å². The van der Waals surface area contributed by atoms with E-state index in [-0.39, 0.29) is 5.97 Å². The number of thiophene rings is 1. The highest BCUT2D eigenvalue weighted by Gasteiger charge is 2.26. The van der Waals surface area contributed by atoms with Gasteiger partial charge in [0.05, 0.1) is 12.2 Å². The van der Waals surface area contributed by atoms with Crippen molar-refractivity contribution in [3.8, 4) is 0 Å². The quantitative estimate of drug-likeness (QED) is 0.316. The SMILES string of the molecule is CCOC(=O)c1c(NC(=S)NCCCn2cccn2)sc2c1CCCCC2. The van der Waals surface area contributed by atoms with E-state index in [0.717, 1.165) is 49.3 Å². The van der Waals surface area contributed by atoms with Crippen LogP contribution in [0.4, 0.5) is 5.00 Å². The van der Waals surface area contributed by atoms with E-state index in [9.17, 15) is 4.79 Å². The smallest absolute Gasteiger partial charge is 0.341 e. The maximum atomic E-state index is 12.6. The second-order valence-corrected chi connectivity index (χ2v) is 8.01. The van der Waals surface area contributed by atoms with Crippen molar-refractivity contribution in [2.24, 2.45) is 0 Å². The number of carbonyl (C=O) groups is 1. The normalized spacial score (nSPS) is 13.5. The third-order valence-corrected chi connectivity index (χ3v) is 5.99. The van der Waals surface area contributed by atoms with Crippen molar-refractivity contribution in [2.45, 2.75) is 52.0 Å². The van der Waals surface area contributed by atoms with Gasteiger partial charge in [-0.25, -0.2) is 4.79 Å². The van der Waals surface area contributed by atoms with E-state index in [1.807, 2.05) is 23.9 Å². The van der Waals surface area contributed by atoms with Gasteiger partial charge < -0.3 is 15.4 Å². The summed E-state index contributed by atoms with van der Waals surface area (Å²) in [7, 11) is 0. The number of aromatic nitrogens is 2. The van der Waals surface area contributed by atoms with E-state index in [4.69, 9.17) is 17.0 Å². The third kappa shape index (κ3) is 5.29. The fraction of sp³-hybridized carbons (Fsp3) is 0.526. The summed E-state index contributed by atoms with van der Waals surface area (Å²) in [5, 5.41) is 12.0. The molecule has 8 heteroatoms. The Balaban J connectivity index is 1.62. The van der Waals surface area contributed by atoms with E-state index in [2.05, 4.69) is 15.7 Å². The van der Waals surface area contributed by atoms with Gasteiger partial charge in [-0.15, -0.1) is 11.3 Å². The first-order valence-electron chi connectivity index (χ1n) is 9.53. The van der Waals surface area contributed by atoms with Crippen molar-refractivity contribution >= 4 is 39.6 Å². The number of thiocarbonyl (C=S) groups is 1. The van der Waals surface area contributed by atoms with Gasteiger partial charge in [-0.05, 0) is 62.9 Å². The van der Waals surface area contributed by atoms with E-state index >= 15 is 0 Å². The molecule has 0 aromatic carbocycles. The first kappa shape index (κ1) is 19.8. The van der Waals surface area contributed by atoms with Gasteiger partial charge in [0.15, 0.2) is 5.11 Å². The maximum Gasteiger partial charge on any atom is 0.341 e. The predicted octanol–water partition coefficient (Wildman–Crippen LogP) is 3.77. The Morgan fingerprint density at radius 2 is 2.22 bits per heavy atom. The van der Waals surface area contributed by atoms with Gasteiger partial charge in [-0.2, -0.15) is 5.10 Å². The minimum Gasteiger partial charge on any atom is -0.462 e. The number of nitrogens with one attached hydrogen (secondary N) is 2. The van der Waals surface area contributed by atoms with Crippen LogP contribution in [0.15, 0.2) is 18.5 Å². The Labute approximate surface area is 169 Å². The van der Waals surface area contributed by atoms with E-state index < -0.39 is 0 Å². The summed E-state index contributed by atoms with van der Waals surface area (Å²) in [6, 6.07) is 1.91. The number of fused-ring (bicyclic) bond motifs is 1. The molecule has 0 atom stereocenters. The second-order valence-electron chi connectivity index (χ2n) is 6.49. The lowest BCUT2D eigenvalue weighted by Crippen LogP contribution is -2.30. The van der Waals surface area contributed by atoms with Gasteiger partial charge in [0.2, 0.25) is 0 Å². The molecule has 2 aromatic rings. The summed E-state index contributed by atoms with van der Waals surface area (Å²) < 4.78 is 7.21. The van der Waals surface area contributed by atoms with Crippen LogP contribution in [0.1, 0.15) is 53.4 Å². The summed E-state index contributed by atoms with van der Waals surface area (Å²) in [5.74, 6) is -0.249. The van der Waals surface area contributed by atoms with Crippen LogP contribution in [0.25, 0.3) is 0 Å². The standard InChI is InChI=1S/C19H26N4O2S2/c1-2-25-18(24)16-14-8-4-3-5-9-15(14)27-17(16)22-19(26)20-10-6-12-23-13-7-11-21-23/h7,11,13H,2-6,8-10,12H2,1H3,(H2,20,22,26). The number of hydrogen-bond acceptors (Lipinski definition) is 5. The van der Waals surface area contributed by atoms with Crippen molar-refractivity contribution < 1.29 is 9.53 Å². The van der Waals surface area contributed by atoms with Crippen molar-refractivity contribution in [3.05, 3.63) is 34.5 Å². The average molecular weight is 407 g/mol. The highest BCUT2D eigenvalue weighted by Crippen LogP contribution is 2.37. The zero-order valence-corrected chi connectivity index (χ0v) is 17.3. The molecule has 0 saturated carbocycles. The number of ether oxygens (including phenoxy) is 1. The molecule has 1 aliphatic carbocycles. The maximum absolute atomic E-state index is 12.6. The number of aryl methyl sites for hydroxylation is 2. The molecule has 3 rings (SSSR count). The lowest BCUT2D eigenvalue weighted by Gasteiger charge is -2.11. The monoisotopic (exact) mass is 406 g/mol. The number of nitrogens with zero attached hydrogens (tertiary/aromatic N) is 2. The van der Waals surface area contributed by atoms with Crippen molar-refractivity contribution in [2.75, 3.05) is 18.5 Å². The summed E-state index contributed by atoms with van der Waals surface area (Å²) in [6.07, 6.45) is 10.1. The molecule has 2 heterocycles. The van der Waals surface area contributed by atoms with Crippen LogP contribution in [0.3, 0.4) is 0 Å². The highest BCUT2D eigenvalue weighted by atomic mass is 32.1. The predicted molar refractivity (Wildman–Crippen MR) is 113 cm³/mol. The second kappa shape index (κ2) is 9.85. The Bertz CT molecular complexity index is 771. The zero-order valence-electron chi connectivity index (χ0n) is 15.6. The minimum absolute atomic E-state index is 0.249. The summed E-state index contributed by atoms with van der Waals surface area (Å²) >= 11 is 7.08. The number of carbonyl (C=O) groups excluding carboxylic acids is 1. The number of hydrogen-bond donors (Lipinski definition) is 2. The van der Waals surface area contributed by atoms with Crippen LogP contribution < -0.4 is 10.6 Å². The highest BCUT2D eigenvalue weighted by molar-refractivity contribution is 7.80. The zero-order chi connectivity index (χ0) is 19.1. The van der Waals surface area contributed by atoms with Crippen LogP contribution in [0.5, 0.6) is 0 Å². The molecular formula is C19H26N4O2S2. The van der Waals surface area contributed by atoms with Gasteiger partial charge >= 0.3 is 5.97 Å². The molecule has 2 aromatic heterocycles. The molecule has 0 fully saturated rings. The molecule has 0 aliphatic heterocycles. The van der Waals surface area contributed by atoms with Crippen LogP contribution in [-0.2, 0) is 24.1 Å². The Morgan fingerprint density at radius 3 is 3.00 bits per heavy atom. The van der Waals surface area contributed by atoms with Gasteiger partial charge in [0.1, 0.15) is 5.00 Å². The fourth-order valence-electron chi connectivity index (χ4n) is 3.27. The van der Waals surface area contributed by atoms with Crippen molar-refractivity contribution in [1.82, 2.24) is 15.1 Å². The molecule has 0 spiro atoms. The van der Waals surface area contributed by atoms with Crippen molar-refractivity contribution in [3.63, 3.8) is 0 Å². The van der Waals surface area contributed by atoms with Crippen LogP contribution in [-0.4, -0.2) is 34.0 Å². The lowest BCUT2D eigenvalue weighted by molar-refractivity contribution is 0.0527. The van der Waals surface area contributed by atoms with Crippen LogP contribution in [0, 0.1) is 0 Å². The molecule has 0 amide bonds. The molecule has 0 radical (unpaired) electrons. The molecule has 2 N–H and O–H groups in total. The number of esters is 1. The summed E-state index contributed by atoms with van der Waals surface area (Å²) in [4.78, 5) is 13.8. The van der Waals surface area contributed by atoms with Gasteiger partial charge in [-0.3, -0.25) is 4.68 Å². The third-order valence-electron chi connectivity index (χ3n) is 4.54. The molecule has 0 bridgehead atoms. The molecular weight excluding hydrogens is 380 g/mol.